The Morgan fingerprint density at radius 3 is 2.50 bits per heavy atom. The van der Waals surface area contributed by atoms with E-state index < -0.39 is 29.8 Å². The van der Waals surface area contributed by atoms with Crippen LogP contribution in [0.5, 0.6) is 0 Å². The molecule has 24 heavy (non-hydrogen) atoms. The zero-order chi connectivity index (χ0) is 16.5. The van der Waals surface area contributed by atoms with Crippen LogP contribution in [-0.2, 0) is 23.8 Å². The molecule has 3 saturated heterocycles. The van der Waals surface area contributed by atoms with Crippen molar-refractivity contribution in [1.82, 2.24) is 0 Å². The second-order valence-corrected chi connectivity index (χ2v) is 6.80. The summed E-state index contributed by atoms with van der Waals surface area (Å²) in [6.45, 7) is 0.906. The number of benzene rings is 1. The lowest BCUT2D eigenvalue weighted by molar-refractivity contribution is -0.180. The number of halogens is 1. The molecule has 6 nitrogen and oxygen atoms in total. The molecular formula is C17H14ClNO5. The van der Waals surface area contributed by atoms with Crippen LogP contribution >= 0.6 is 11.6 Å². The van der Waals surface area contributed by atoms with Crippen LogP contribution in [0.25, 0.3) is 0 Å². The summed E-state index contributed by atoms with van der Waals surface area (Å²) in [5, 5.41) is 0.548. The van der Waals surface area contributed by atoms with Crippen LogP contribution in [0.3, 0.4) is 0 Å². The number of amides is 2. The molecule has 0 unspecified atom stereocenters. The van der Waals surface area contributed by atoms with Crippen LogP contribution in [0.15, 0.2) is 36.4 Å². The monoisotopic (exact) mass is 347 g/mol. The molecule has 124 valence electrons. The lowest BCUT2D eigenvalue weighted by Gasteiger charge is -2.32. The molecule has 4 heterocycles. The second-order valence-electron chi connectivity index (χ2n) is 6.36. The number of carbonyl (C=O) groups is 2. The maximum atomic E-state index is 13.1. The van der Waals surface area contributed by atoms with Crippen molar-refractivity contribution in [2.75, 3.05) is 18.1 Å². The highest BCUT2D eigenvalue weighted by Crippen LogP contribution is 2.55. The molecule has 1 aromatic rings. The van der Waals surface area contributed by atoms with Gasteiger partial charge in [-0.05, 0) is 30.3 Å². The predicted octanol–water partition coefficient (Wildman–Crippen LogP) is 1.53. The van der Waals surface area contributed by atoms with Gasteiger partial charge in [0.05, 0.1) is 36.8 Å². The van der Waals surface area contributed by atoms with Crippen LogP contribution < -0.4 is 4.90 Å². The highest BCUT2D eigenvalue weighted by molar-refractivity contribution is 6.31. The first-order valence-electron chi connectivity index (χ1n) is 7.85. The lowest BCUT2D eigenvalue weighted by atomic mass is 9.76. The Morgan fingerprint density at radius 1 is 1.08 bits per heavy atom. The molecule has 0 N–H and O–H groups in total. The minimum Gasteiger partial charge on any atom is -0.357 e. The summed E-state index contributed by atoms with van der Waals surface area (Å²) in [7, 11) is 0. The highest BCUT2D eigenvalue weighted by atomic mass is 35.5. The summed E-state index contributed by atoms with van der Waals surface area (Å²) in [5.74, 6) is -1.69. The minimum absolute atomic E-state index is 0.249. The summed E-state index contributed by atoms with van der Waals surface area (Å²) in [4.78, 5) is 27.2. The van der Waals surface area contributed by atoms with E-state index in [1.807, 2.05) is 12.2 Å². The first kappa shape index (κ1) is 14.6. The normalized spacial score (nSPS) is 37.7. The molecule has 4 atom stereocenters. The van der Waals surface area contributed by atoms with Crippen LogP contribution in [0.4, 0.5) is 5.69 Å². The fourth-order valence-electron chi connectivity index (χ4n) is 4.17. The van der Waals surface area contributed by atoms with Gasteiger partial charge >= 0.3 is 0 Å². The van der Waals surface area contributed by atoms with Crippen molar-refractivity contribution in [3.05, 3.63) is 41.4 Å². The molecule has 7 heteroatoms. The number of ether oxygens (including phenoxy) is 3. The maximum Gasteiger partial charge on any atom is 0.241 e. The Morgan fingerprint density at radius 2 is 1.79 bits per heavy atom. The molecule has 2 amide bonds. The molecule has 0 spiro atoms. The minimum atomic E-state index is -1.01. The van der Waals surface area contributed by atoms with E-state index in [9.17, 15) is 9.59 Å². The first-order chi connectivity index (χ1) is 11.6. The number of rotatable bonds is 2. The molecule has 3 fully saturated rings. The predicted molar refractivity (Wildman–Crippen MR) is 83.4 cm³/mol. The summed E-state index contributed by atoms with van der Waals surface area (Å²) >= 11 is 5.90. The van der Waals surface area contributed by atoms with Gasteiger partial charge in [0, 0.05) is 5.02 Å². The van der Waals surface area contributed by atoms with Gasteiger partial charge in [0.2, 0.25) is 11.8 Å². The van der Waals surface area contributed by atoms with Gasteiger partial charge in [-0.25, -0.2) is 4.90 Å². The summed E-state index contributed by atoms with van der Waals surface area (Å²) in [6.07, 6.45) is 2.58. The van der Waals surface area contributed by atoms with Crippen LogP contribution in [0.1, 0.15) is 0 Å². The molecule has 2 bridgehead atoms. The number of carbonyl (C=O) groups excluding carboxylic acids is 2. The zero-order valence-corrected chi connectivity index (χ0v) is 13.3. The average molecular weight is 348 g/mol. The smallest absolute Gasteiger partial charge is 0.241 e. The van der Waals surface area contributed by atoms with Gasteiger partial charge in [-0.1, -0.05) is 17.7 Å². The van der Waals surface area contributed by atoms with Crippen molar-refractivity contribution in [2.45, 2.75) is 18.0 Å². The Balaban J connectivity index is 1.56. The molecule has 0 radical (unpaired) electrons. The van der Waals surface area contributed by atoms with E-state index >= 15 is 0 Å². The van der Waals surface area contributed by atoms with E-state index in [2.05, 4.69) is 0 Å². The molecule has 0 aliphatic carbocycles. The average Bonchev–Trinajstić information content (AvgIpc) is 3.33. The van der Waals surface area contributed by atoms with Crippen LogP contribution in [0, 0.1) is 11.8 Å². The van der Waals surface area contributed by atoms with Gasteiger partial charge in [-0.15, -0.1) is 0 Å². The second kappa shape index (κ2) is 4.89. The summed E-state index contributed by atoms with van der Waals surface area (Å²) in [5.41, 5.74) is -0.494. The van der Waals surface area contributed by atoms with Crippen molar-refractivity contribution in [3.63, 3.8) is 0 Å². The van der Waals surface area contributed by atoms with E-state index in [-0.39, 0.29) is 11.8 Å². The quantitative estimate of drug-likeness (QED) is 0.599. The third-order valence-corrected chi connectivity index (χ3v) is 5.40. The van der Waals surface area contributed by atoms with Gasteiger partial charge in [0.15, 0.2) is 11.9 Å². The van der Waals surface area contributed by atoms with Gasteiger partial charge in [-0.3, -0.25) is 9.59 Å². The van der Waals surface area contributed by atoms with E-state index in [1.165, 1.54) is 4.90 Å². The molecule has 4 aliphatic heterocycles. The fraction of sp³-hybridized carbons (Fsp3) is 0.412. The molecular weight excluding hydrogens is 334 g/mol. The molecule has 1 aromatic carbocycles. The highest BCUT2D eigenvalue weighted by Gasteiger charge is 2.71. The van der Waals surface area contributed by atoms with Crippen molar-refractivity contribution in [2.24, 2.45) is 11.8 Å². The SMILES string of the molecule is O=C1[C@H]2[C@H]3C=C[C@@](C4OCCO4)(O3)[C@H]2C(=O)N1c1ccc(Cl)cc1. The number of imide groups is 1. The van der Waals surface area contributed by atoms with Gasteiger partial charge in [0.25, 0.3) is 0 Å². The maximum absolute atomic E-state index is 13.1. The topological polar surface area (TPSA) is 65.1 Å². The van der Waals surface area contributed by atoms with Crippen molar-refractivity contribution >= 4 is 29.1 Å². The van der Waals surface area contributed by atoms with E-state index in [1.54, 1.807) is 24.3 Å². The Kier molecular flexibility index (Phi) is 2.98. The molecule has 5 rings (SSSR count). The number of fused-ring (bicyclic) bond motifs is 5. The Hall–Kier alpha value is -1.73. The Labute approximate surface area is 142 Å². The third kappa shape index (κ3) is 1.71. The first-order valence-corrected chi connectivity index (χ1v) is 8.23. The van der Waals surface area contributed by atoms with E-state index in [0.717, 1.165) is 0 Å². The van der Waals surface area contributed by atoms with Crippen molar-refractivity contribution in [1.29, 1.82) is 0 Å². The number of hydrogen-bond donors (Lipinski definition) is 0. The van der Waals surface area contributed by atoms with E-state index in [4.69, 9.17) is 25.8 Å². The van der Waals surface area contributed by atoms with Gasteiger partial charge in [-0.2, -0.15) is 0 Å². The molecule has 0 aromatic heterocycles. The Bertz CT molecular complexity index is 757. The number of anilines is 1. The number of hydrogen-bond acceptors (Lipinski definition) is 5. The van der Waals surface area contributed by atoms with Gasteiger partial charge < -0.3 is 14.2 Å². The third-order valence-electron chi connectivity index (χ3n) is 5.15. The summed E-state index contributed by atoms with van der Waals surface area (Å²) in [6, 6.07) is 6.66. The van der Waals surface area contributed by atoms with Crippen LogP contribution in [-0.4, -0.2) is 43.0 Å². The zero-order valence-electron chi connectivity index (χ0n) is 12.6. The van der Waals surface area contributed by atoms with E-state index in [0.29, 0.717) is 23.9 Å². The van der Waals surface area contributed by atoms with Crippen molar-refractivity contribution < 1.29 is 23.8 Å². The van der Waals surface area contributed by atoms with Gasteiger partial charge in [0.1, 0.15) is 0 Å². The molecule has 0 saturated carbocycles. The number of nitrogens with zero attached hydrogens (tertiary/aromatic N) is 1. The molecule has 4 aliphatic rings. The standard InChI is InChI=1S/C17H14ClNO5/c18-9-1-3-10(4-2-9)19-14(20)12-11-5-6-17(24-11,13(12)15(19)21)16-22-7-8-23-16/h1-6,11-13,16H,7-8H2/t11-,12+,13-,17-/m1/s1. The largest absolute Gasteiger partial charge is 0.357 e. The summed E-state index contributed by atoms with van der Waals surface area (Å²) < 4.78 is 17.2. The lowest BCUT2D eigenvalue weighted by Crippen LogP contribution is -2.49. The van der Waals surface area contributed by atoms with Crippen LogP contribution in [0.2, 0.25) is 5.02 Å². The van der Waals surface area contributed by atoms with Crippen molar-refractivity contribution in [3.8, 4) is 0 Å². The fourth-order valence-corrected chi connectivity index (χ4v) is 4.30.